The largest absolute Gasteiger partial charge is 0.414 e. The van der Waals surface area contributed by atoms with Gasteiger partial charge in [-0.3, -0.25) is 0 Å². The van der Waals surface area contributed by atoms with Crippen LogP contribution in [0.4, 0.5) is 13.2 Å². The van der Waals surface area contributed by atoms with Crippen LogP contribution in [0.5, 0.6) is 0 Å². The summed E-state index contributed by atoms with van der Waals surface area (Å²) in [4.78, 5) is 0. The first-order valence-corrected chi connectivity index (χ1v) is 4.29. The number of aliphatic hydroxyl groups is 1. The SMILES string of the molecule is OC(CCc1ccccc1)C(F)(F)F. The maximum absolute atomic E-state index is 11.9. The van der Waals surface area contributed by atoms with E-state index in [2.05, 4.69) is 0 Å². The van der Waals surface area contributed by atoms with Crippen molar-refractivity contribution < 1.29 is 18.3 Å². The van der Waals surface area contributed by atoms with Crippen LogP contribution in [0.2, 0.25) is 0 Å². The van der Waals surface area contributed by atoms with Crippen molar-refractivity contribution >= 4 is 0 Å². The number of hydrogen-bond donors (Lipinski definition) is 1. The summed E-state index contributed by atoms with van der Waals surface area (Å²) >= 11 is 0. The van der Waals surface area contributed by atoms with Crippen LogP contribution in [0.1, 0.15) is 12.0 Å². The van der Waals surface area contributed by atoms with Gasteiger partial charge in [0, 0.05) is 0 Å². The molecule has 0 spiro atoms. The molecule has 1 nitrogen and oxygen atoms in total. The third-order valence-corrected chi connectivity index (χ3v) is 1.93. The molecule has 1 aromatic rings. The lowest BCUT2D eigenvalue weighted by atomic mass is 10.1. The molecule has 0 fully saturated rings. The van der Waals surface area contributed by atoms with Crippen molar-refractivity contribution in [3.63, 3.8) is 0 Å². The summed E-state index contributed by atoms with van der Waals surface area (Å²) in [5.74, 6) is 0. The Bertz CT molecular complexity index is 268. The van der Waals surface area contributed by atoms with E-state index in [1.165, 1.54) is 0 Å². The maximum Gasteiger partial charge on any atom is 0.414 e. The van der Waals surface area contributed by atoms with Crippen LogP contribution in [0.15, 0.2) is 30.3 Å². The first-order valence-electron chi connectivity index (χ1n) is 4.29. The van der Waals surface area contributed by atoms with Gasteiger partial charge >= 0.3 is 6.18 Å². The van der Waals surface area contributed by atoms with Crippen molar-refractivity contribution in [3.8, 4) is 0 Å². The predicted molar refractivity (Wildman–Crippen MR) is 46.8 cm³/mol. The number of benzene rings is 1. The van der Waals surface area contributed by atoms with Crippen LogP contribution < -0.4 is 0 Å². The van der Waals surface area contributed by atoms with E-state index >= 15 is 0 Å². The Labute approximate surface area is 80.2 Å². The highest BCUT2D eigenvalue weighted by Crippen LogP contribution is 2.23. The molecule has 0 aromatic heterocycles. The number of hydrogen-bond acceptors (Lipinski definition) is 1. The summed E-state index contributed by atoms with van der Waals surface area (Å²) in [6.07, 6.45) is -6.77. The van der Waals surface area contributed by atoms with Crippen molar-refractivity contribution in [1.82, 2.24) is 0 Å². The molecule has 1 aromatic carbocycles. The summed E-state index contributed by atoms with van der Waals surface area (Å²) in [6.45, 7) is 0. The highest BCUT2D eigenvalue weighted by Gasteiger charge is 2.37. The van der Waals surface area contributed by atoms with Crippen LogP contribution in [0.3, 0.4) is 0 Å². The molecular formula is C10H11F3O. The van der Waals surface area contributed by atoms with E-state index in [0.717, 1.165) is 5.56 Å². The Morgan fingerprint density at radius 2 is 1.71 bits per heavy atom. The molecule has 0 aliphatic rings. The molecular weight excluding hydrogens is 193 g/mol. The topological polar surface area (TPSA) is 20.2 Å². The van der Waals surface area contributed by atoms with Crippen molar-refractivity contribution in [2.24, 2.45) is 0 Å². The van der Waals surface area contributed by atoms with E-state index in [1.807, 2.05) is 0 Å². The van der Waals surface area contributed by atoms with Crippen LogP contribution in [-0.4, -0.2) is 17.4 Å². The van der Waals surface area contributed by atoms with Gasteiger partial charge in [-0.05, 0) is 18.4 Å². The molecule has 1 rings (SSSR count). The third kappa shape index (κ3) is 3.38. The van der Waals surface area contributed by atoms with E-state index < -0.39 is 12.3 Å². The summed E-state index contributed by atoms with van der Waals surface area (Å²) in [5, 5.41) is 8.72. The number of alkyl halides is 3. The second kappa shape index (κ2) is 4.46. The molecule has 4 heteroatoms. The van der Waals surface area contributed by atoms with Gasteiger partial charge in [0.05, 0.1) is 0 Å². The smallest absolute Gasteiger partial charge is 0.384 e. The van der Waals surface area contributed by atoms with Crippen molar-refractivity contribution in [3.05, 3.63) is 35.9 Å². The second-order valence-corrected chi connectivity index (χ2v) is 3.08. The van der Waals surface area contributed by atoms with E-state index in [9.17, 15) is 13.2 Å². The summed E-state index contributed by atoms with van der Waals surface area (Å²) in [6, 6.07) is 8.79. The van der Waals surface area contributed by atoms with Crippen LogP contribution in [0.25, 0.3) is 0 Å². The molecule has 0 saturated carbocycles. The van der Waals surface area contributed by atoms with Gasteiger partial charge < -0.3 is 5.11 Å². The van der Waals surface area contributed by atoms with Gasteiger partial charge in [-0.2, -0.15) is 13.2 Å². The Hall–Kier alpha value is -1.03. The first-order chi connectivity index (χ1) is 6.50. The molecule has 0 heterocycles. The Morgan fingerprint density at radius 3 is 2.21 bits per heavy atom. The van der Waals surface area contributed by atoms with Gasteiger partial charge in [0.25, 0.3) is 0 Å². The van der Waals surface area contributed by atoms with Crippen LogP contribution in [0, 0.1) is 0 Å². The zero-order chi connectivity index (χ0) is 10.6. The minimum atomic E-state index is -4.51. The predicted octanol–water partition coefficient (Wildman–Crippen LogP) is 2.54. The number of aliphatic hydroxyl groups excluding tert-OH is 1. The Kier molecular flexibility index (Phi) is 3.52. The molecule has 0 saturated heterocycles. The quantitative estimate of drug-likeness (QED) is 0.802. The number of aryl methyl sites for hydroxylation is 1. The highest BCUT2D eigenvalue weighted by molar-refractivity contribution is 5.14. The summed E-state index contributed by atoms with van der Waals surface area (Å²) < 4.78 is 35.7. The van der Waals surface area contributed by atoms with Gasteiger partial charge in [-0.15, -0.1) is 0 Å². The highest BCUT2D eigenvalue weighted by atomic mass is 19.4. The van der Waals surface area contributed by atoms with Gasteiger partial charge in [0.2, 0.25) is 0 Å². The normalized spacial score (nSPS) is 14.0. The molecule has 0 bridgehead atoms. The van der Waals surface area contributed by atoms with E-state index in [0.29, 0.717) is 0 Å². The lowest BCUT2D eigenvalue weighted by molar-refractivity contribution is -0.205. The zero-order valence-corrected chi connectivity index (χ0v) is 7.46. The van der Waals surface area contributed by atoms with Gasteiger partial charge in [-0.1, -0.05) is 30.3 Å². The summed E-state index contributed by atoms with van der Waals surface area (Å²) in [7, 11) is 0. The van der Waals surface area contributed by atoms with Gasteiger partial charge in [0.15, 0.2) is 0 Å². The molecule has 1 N–H and O–H groups in total. The van der Waals surface area contributed by atoms with Crippen molar-refractivity contribution in [2.75, 3.05) is 0 Å². The Balaban J connectivity index is 2.42. The van der Waals surface area contributed by atoms with Crippen molar-refractivity contribution in [2.45, 2.75) is 25.1 Å². The minimum absolute atomic E-state index is 0.238. The van der Waals surface area contributed by atoms with Crippen LogP contribution in [-0.2, 0) is 6.42 Å². The zero-order valence-electron chi connectivity index (χ0n) is 7.46. The molecule has 0 aliphatic heterocycles. The fraction of sp³-hybridized carbons (Fsp3) is 0.400. The Morgan fingerprint density at radius 1 is 1.14 bits per heavy atom. The fourth-order valence-corrected chi connectivity index (χ4v) is 1.11. The van der Waals surface area contributed by atoms with E-state index in [-0.39, 0.29) is 12.8 Å². The van der Waals surface area contributed by atoms with E-state index in [4.69, 9.17) is 5.11 Å². The van der Waals surface area contributed by atoms with Crippen LogP contribution >= 0.6 is 0 Å². The molecule has 1 atom stereocenters. The number of halogens is 3. The molecule has 0 radical (unpaired) electrons. The monoisotopic (exact) mass is 204 g/mol. The second-order valence-electron chi connectivity index (χ2n) is 3.08. The van der Waals surface area contributed by atoms with Crippen molar-refractivity contribution in [1.29, 1.82) is 0 Å². The lowest BCUT2D eigenvalue weighted by Gasteiger charge is -2.13. The number of rotatable bonds is 3. The lowest BCUT2D eigenvalue weighted by Crippen LogP contribution is -2.28. The summed E-state index contributed by atoms with van der Waals surface area (Å²) in [5.41, 5.74) is 0.802. The molecule has 0 amide bonds. The van der Waals surface area contributed by atoms with Gasteiger partial charge in [0.1, 0.15) is 6.10 Å². The molecule has 0 aliphatic carbocycles. The first kappa shape index (κ1) is 11.0. The van der Waals surface area contributed by atoms with E-state index in [1.54, 1.807) is 30.3 Å². The average molecular weight is 204 g/mol. The maximum atomic E-state index is 11.9. The fourth-order valence-electron chi connectivity index (χ4n) is 1.11. The molecule has 78 valence electrons. The molecule has 14 heavy (non-hydrogen) atoms. The molecule has 1 unspecified atom stereocenters. The van der Waals surface area contributed by atoms with Gasteiger partial charge in [-0.25, -0.2) is 0 Å². The standard InChI is InChI=1S/C10H11F3O/c11-10(12,13)9(14)7-6-8-4-2-1-3-5-8/h1-5,9,14H,6-7H2. The third-order valence-electron chi connectivity index (χ3n) is 1.93. The minimum Gasteiger partial charge on any atom is -0.384 e. The average Bonchev–Trinajstić information content (AvgIpc) is 2.14.